The molecule has 210 valence electrons. The second-order valence-corrected chi connectivity index (χ2v) is 5.28. The number of rotatable bonds is 11. The fourth-order valence-electron chi connectivity index (χ4n) is 1.48. The Balaban J connectivity index is -0.0000000476. The van der Waals surface area contributed by atoms with Crippen LogP contribution in [0, 0.1) is 0 Å². The molecule has 0 bridgehead atoms. The maximum atomic E-state index is 10.6. The summed E-state index contributed by atoms with van der Waals surface area (Å²) in [5.74, 6) is -4.91. The van der Waals surface area contributed by atoms with Crippen molar-refractivity contribution in [2.24, 2.45) is 0 Å². The van der Waals surface area contributed by atoms with E-state index in [2.05, 4.69) is 0 Å². The van der Waals surface area contributed by atoms with Crippen molar-refractivity contribution in [1.29, 1.82) is 0 Å². The van der Waals surface area contributed by atoms with Crippen molar-refractivity contribution >= 4 is 53.2 Å². The van der Waals surface area contributed by atoms with E-state index in [9.17, 15) is 19.2 Å². The summed E-state index contributed by atoms with van der Waals surface area (Å²) >= 11 is 0. The number of nitrogens with zero attached hydrogens (tertiary/aromatic N) is 2. The van der Waals surface area contributed by atoms with E-state index in [0.29, 0.717) is 0 Å². The van der Waals surface area contributed by atoms with Crippen LogP contribution in [0.2, 0.25) is 0 Å². The third-order valence-electron chi connectivity index (χ3n) is 2.17. The summed E-state index contributed by atoms with van der Waals surface area (Å²) in [6.07, 6.45) is 0. The molecule has 0 unspecified atom stereocenters. The number of carboxylic acid groups (broad SMARTS) is 4. The fraction of sp³-hybridized carbons (Fsp3) is 0.600. The van der Waals surface area contributed by atoms with Gasteiger partial charge in [0.25, 0.3) is 0 Å². The van der Waals surface area contributed by atoms with E-state index >= 15 is 0 Å². The van der Waals surface area contributed by atoms with Gasteiger partial charge in [0, 0.05) is 13.1 Å². The molecule has 0 atom stereocenters. The van der Waals surface area contributed by atoms with Gasteiger partial charge in [-0.1, -0.05) is 0 Å². The zero-order valence-electron chi connectivity index (χ0n) is 23.0. The van der Waals surface area contributed by atoms with Crippen LogP contribution in [0.25, 0.3) is 0 Å². The molecule has 0 aliphatic heterocycles. The minimum Gasteiger partial charge on any atom is -0.907 e. The topological polar surface area (TPSA) is 413 Å². The van der Waals surface area contributed by atoms with Crippen LogP contribution in [0.4, 0.5) is 0 Å². The van der Waals surface area contributed by atoms with Crippen LogP contribution < -0.4 is 173 Å². The standard InChI is InChI=1S/C10H16N2O8.2BH3O3.BHO3.BO3.5Na/c13-7(14)3-11(4-8(15)16)1-2-12(5-9(17)18)6-10(19)20;4*2-1(3)4;;;;;/h1-6H2,(H,13,14)(H,15,16)(H,17,18)(H,19,20);2*2-4H;2H;;;;;;/q;;;-2;-3;5*+1. The van der Waals surface area contributed by atoms with Crippen molar-refractivity contribution in [3.63, 3.8) is 0 Å². The summed E-state index contributed by atoms with van der Waals surface area (Å²) in [7, 11) is -9.92. The molecule has 0 fully saturated rings. The third kappa shape index (κ3) is 126. The van der Waals surface area contributed by atoms with Crippen molar-refractivity contribution in [2.45, 2.75) is 0 Å². The summed E-state index contributed by atoms with van der Waals surface area (Å²) < 4.78 is 0. The van der Waals surface area contributed by atoms with Gasteiger partial charge in [-0.05, 0) is 0 Å². The number of aliphatic carboxylic acids is 4. The molecular formula is C10H23B4N2Na5O20. The smallest absolute Gasteiger partial charge is 0.907 e. The Morgan fingerprint density at radius 2 is 0.561 bits per heavy atom. The molecule has 0 aliphatic rings. The van der Waals surface area contributed by atoms with E-state index in [1.165, 1.54) is 0 Å². The molecule has 0 aromatic heterocycles. The molecule has 0 amide bonds. The van der Waals surface area contributed by atoms with Crippen LogP contribution in [0.15, 0.2) is 0 Å². The third-order valence-corrected chi connectivity index (χ3v) is 2.17. The van der Waals surface area contributed by atoms with Crippen LogP contribution in [0.5, 0.6) is 0 Å². The summed E-state index contributed by atoms with van der Waals surface area (Å²) in [5, 5.41) is 127. The van der Waals surface area contributed by atoms with Gasteiger partial charge < -0.3 is 80.7 Å². The van der Waals surface area contributed by atoms with Crippen molar-refractivity contribution in [3.8, 4) is 0 Å². The first-order valence-corrected chi connectivity index (χ1v) is 8.51. The van der Waals surface area contributed by atoms with Gasteiger partial charge in [0.15, 0.2) is 0 Å². The largest absolute Gasteiger partial charge is 1.00 e. The summed E-state index contributed by atoms with van der Waals surface area (Å²) in [5.41, 5.74) is 0. The molecule has 0 spiro atoms. The molecule has 0 aliphatic carbocycles. The number of carbonyl (C=O) groups is 4. The molecule has 11 N–H and O–H groups in total. The van der Waals surface area contributed by atoms with Crippen LogP contribution in [-0.4, -0.2) is 158 Å². The molecule has 0 rings (SSSR count). The molecule has 0 heterocycles. The minimum absolute atomic E-state index is 0. The molecule has 0 saturated heterocycles. The Hall–Kier alpha value is 2.58. The Labute approximate surface area is 345 Å². The van der Waals surface area contributed by atoms with Crippen LogP contribution in [0.1, 0.15) is 0 Å². The zero-order valence-corrected chi connectivity index (χ0v) is 33.0. The van der Waals surface area contributed by atoms with Gasteiger partial charge in [-0.3, -0.25) is 36.3 Å². The summed E-state index contributed by atoms with van der Waals surface area (Å²) in [4.78, 5) is 44.4. The van der Waals surface area contributed by atoms with Gasteiger partial charge in [-0.25, -0.2) is 0 Å². The van der Waals surface area contributed by atoms with Gasteiger partial charge in [0.05, 0.1) is 33.5 Å². The molecule has 0 aromatic rings. The zero-order chi connectivity index (χ0) is 30.0. The summed E-state index contributed by atoms with van der Waals surface area (Å²) in [6.45, 7) is -2.25. The SMILES string of the molecule is O=C(O)CN(CCN(CC(=O)O)CC(=O)O)CC(=O)O.OB(O)O.OB(O)O.[Na+].[Na+].[Na+].[Na+].[Na+].[O-]B([O-])O.[O-]B([O-])[O-]. The minimum atomic E-state index is -2.92. The maximum absolute atomic E-state index is 10.6. The van der Waals surface area contributed by atoms with Crippen LogP contribution in [0.3, 0.4) is 0 Å². The normalized spacial score (nSPS) is 7.85. The predicted molar refractivity (Wildman–Crippen MR) is 102 cm³/mol. The fourth-order valence-corrected chi connectivity index (χ4v) is 1.48. The second kappa shape index (κ2) is 49.5. The molecule has 31 heteroatoms. The Morgan fingerprint density at radius 3 is 0.634 bits per heavy atom. The van der Waals surface area contributed by atoms with E-state index < -0.39 is 79.3 Å². The van der Waals surface area contributed by atoms with E-state index in [-0.39, 0.29) is 161 Å². The van der Waals surface area contributed by atoms with E-state index in [1.54, 1.807) is 0 Å². The van der Waals surface area contributed by atoms with Gasteiger partial charge in [0.1, 0.15) is 0 Å². The molecule has 22 nitrogen and oxygen atoms in total. The van der Waals surface area contributed by atoms with Gasteiger partial charge in [0.2, 0.25) is 0 Å². The Bertz CT molecular complexity index is 488. The predicted octanol–water partition coefficient (Wildman–Crippen LogP) is -28.4. The van der Waals surface area contributed by atoms with Gasteiger partial charge in [-0.2, -0.15) is 0 Å². The van der Waals surface area contributed by atoms with E-state index in [1.807, 2.05) is 0 Å². The molecule has 0 saturated carbocycles. The molecule has 0 aromatic carbocycles. The summed E-state index contributed by atoms with van der Waals surface area (Å²) in [6, 6.07) is 0. The quantitative estimate of drug-likeness (QED) is 0.0925. The first kappa shape index (κ1) is 70.1. The monoisotopic (exact) mass is 650 g/mol. The Kier molecular flexibility index (Phi) is 84.5. The van der Waals surface area contributed by atoms with Crippen LogP contribution >= 0.6 is 0 Å². The Morgan fingerprint density at radius 1 is 0.463 bits per heavy atom. The van der Waals surface area contributed by atoms with E-state index in [0.717, 1.165) is 9.80 Å². The van der Waals surface area contributed by atoms with Crippen molar-refractivity contribution in [1.82, 2.24) is 9.80 Å². The average Bonchev–Trinajstić information content (AvgIpc) is 2.55. The van der Waals surface area contributed by atoms with Crippen molar-refractivity contribution in [3.05, 3.63) is 0 Å². The first-order valence-electron chi connectivity index (χ1n) is 8.51. The first-order chi connectivity index (χ1) is 16.1. The molecular weight excluding hydrogens is 626 g/mol. The average molecular weight is 649 g/mol. The van der Waals surface area contributed by atoms with Crippen molar-refractivity contribution < 1.29 is 248 Å². The van der Waals surface area contributed by atoms with Crippen molar-refractivity contribution in [2.75, 3.05) is 39.3 Å². The van der Waals surface area contributed by atoms with Crippen LogP contribution in [-0.2, 0) is 19.2 Å². The number of hydrogen-bond acceptors (Lipinski definition) is 18. The van der Waals surface area contributed by atoms with E-state index in [4.69, 9.17) is 80.7 Å². The second-order valence-electron chi connectivity index (χ2n) is 5.28. The van der Waals surface area contributed by atoms with Gasteiger partial charge >= 0.3 is 186 Å². The number of carboxylic acids is 4. The van der Waals surface area contributed by atoms with Gasteiger partial charge in [-0.15, -0.1) is 0 Å². The maximum Gasteiger partial charge on any atom is 1.00 e. The number of hydrogen-bond donors (Lipinski definition) is 11. The molecule has 41 heavy (non-hydrogen) atoms. The molecule has 0 radical (unpaired) electrons.